The summed E-state index contributed by atoms with van der Waals surface area (Å²) in [6.07, 6.45) is -0.276. The maximum atomic E-state index is 12.3. The standard InChI is InChI=1S/C10H9F3N4O2S/c1-4-6(3-7(18)19)5(2)17-8(14-4)15-9(16-17)20-10(11,12)13/h3H2,1-2H3,(H,18,19). The Labute approximate surface area is 115 Å². The molecular weight excluding hydrogens is 297 g/mol. The van der Waals surface area contributed by atoms with Crippen LogP contribution in [0.15, 0.2) is 5.16 Å². The van der Waals surface area contributed by atoms with Crippen LogP contribution in [0.2, 0.25) is 0 Å². The summed E-state index contributed by atoms with van der Waals surface area (Å²) in [6.45, 7) is 3.15. The minimum Gasteiger partial charge on any atom is -0.481 e. The molecule has 6 nitrogen and oxygen atoms in total. The van der Waals surface area contributed by atoms with Gasteiger partial charge in [0, 0.05) is 28.7 Å². The number of hydrogen-bond donors (Lipinski definition) is 1. The Kier molecular flexibility index (Phi) is 3.59. The topological polar surface area (TPSA) is 80.4 Å². The second kappa shape index (κ2) is 4.93. The molecule has 0 amide bonds. The van der Waals surface area contributed by atoms with Crippen LogP contribution in [-0.4, -0.2) is 36.2 Å². The summed E-state index contributed by atoms with van der Waals surface area (Å²) in [6, 6.07) is 0. The van der Waals surface area contributed by atoms with Crippen LogP contribution in [0.1, 0.15) is 17.0 Å². The zero-order valence-corrected chi connectivity index (χ0v) is 11.2. The van der Waals surface area contributed by atoms with Crippen LogP contribution in [0.4, 0.5) is 13.2 Å². The van der Waals surface area contributed by atoms with Gasteiger partial charge in [-0.2, -0.15) is 18.2 Å². The van der Waals surface area contributed by atoms with Crippen LogP contribution in [0.25, 0.3) is 5.78 Å². The lowest BCUT2D eigenvalue weighted by Crippen LogP contribution is -2.10. The second-order valence-electron chi connectivity index (χ2n) is 3.99. The normalized spacial score (nSPS) is 12.1. The summed E-state index contributed by atoms with van der Waals surface area (Å²) in [5.41, 5.74) is -3.25. The van der Waals surface area contributed by atoms with Crippen molar-refractivity contribution in [2.24, 2.45) is 0 Å². The van der Waals surface area contributed by atoms with E-state index in [1.165, 1.54) is 0 Å². The molecule has 0 unspecified atom stereocenters. The fraction of sp³-hybridized carbons (Fsp3) is 0.400. The zero-order valence-electron chi connectivity index (χ0n) is 10.4. The minimum atomic E-state index is -4.49. The monoisotopic (exact) mass is 306 g/mol. The molecule has 0 aromatic carbocycles. The number of aromatic nitrogens is 4. The van der Waals surface area contributed by atoms with E-state index < -0.39 is 28.4 Å². The number of aliphatic carboxylic acids is 1. The molecule has 0 bridgehead atoms. The van der Waals surface area contributed by atoms with Crippen LogP contribution in [0, 0.1) is 13.8 Å². The first-order valence-corrected chi connectivity index (χ1v) is 6.19. The number of carbonyl (C=O) groups is 1. The Hall–Kier alpha value is -1.84. The van der Waals surface area contributed by atoms with Crippen molar-refractivity contribution in [3.63, 3.8) is 0 Å². The maximum Gasteiger partial charge on any atom is 0.449 e. The lowest BCUT2D eigenvalue weighted by Gasteiger charge is -2.07. The summed E-state index contributed by atoms with van der Waals surface area (Å²) < 4.78 is 38.0. The van der Waals surface area contributed by atoms with Gasteiger partial charge in [-0.1, -0.05) is 0 Å². The van der Waals surface area contributed by atoms with Crippen LogP contribution >= 0.6 is 11.8 Å². The Bertz CT molecular complexity index is 683. The Morgan fingerprint density at radius 2 is 2.00 bits per heavy atom. The van der Waals surface area contributed by atoms with Crippen LogP contribution in [0.5, 0.6) is 0 Å². The average Bonchev–Trinajstić information content (AvgIpc) is 2.64. The van der Waals surface area contributed by atoms with Gasteiger partial charge in [-0.3, -0.25) is 4.79 Å². The van der Waals surface area contributed by atoms with Crippen LogP contribution in [-0.2, 0) is 11.2 Å². The first kappa shape index (κ1) is 14.6. The van der Waals surface area contributed by atoms with E-state index in [0.717, 1.165) is 4.52 Å². The van der Waals surface area contributed by atoms with Crippen molar-refractivity contribution in [2.45, 2.75) is 30.9 Å². The lowest BCUT2D eigenvalue weighted by molar-refractivity contribution is -0.136. The van der Waals surface area contributed by atoms with E-state index in [1.54, 1.807) is 13.8 Å². The van der Waals surface area contributed by atoms with E-state index >= 15 is 0 Å². The predicted octanol–water partition coefficient (Wildman–Crippen LogP) is 1.98. The van der Waals surface area contributed by atoms with Crippen molar-refractivity contribution < 1.29 is 23.1 Å². The van der Waals surface area contributed by atoms with Crippen molar-refractivity contribution >= 4 is 23.5 Å². The first-order chi connectivity index (χ1) is 9.17. The molecule has 0 atom stereocenters. The third kappa shape index (κ3) is 3.00. The second-order valence-corrected chi connectivity index (χ2v) is 5.02. The van der Waals surface area contributed by atoms with Gasteiger partial charge >= 0.3 is 11.5 Å². The number of halogens is 3. The third-order valence-corrected chi connectivity index (χ3v) is 3.15. The SMILES string of the molecule is Cc1nc2nc(SC(F)(F)F)nn2c(C)c1CC(=O)O. The van der Waals surface area contributed by atoms with Crippen molar-refractivity contribution in [3.8, 4) is 0 Å². The summed E-state index contributed by atoms with van der Waals surface area (Å²) >= 11 is -0.439. The van der Waals surface area contributed by atoms with Gasteiger partial charge in [0.15, 0.2) is 0 Å². The lowest BCUT2D eigenvalue weighted by atomic mass is 10.1. The predicted molar refractivity (Wildman–Crippen MR) is 63.5 cm³/mol. The van der Waals surface area contributed by atoms with Gasteiger partial charge in [-0.05, 0) is 13.8 Å². The van der Waals surface area contributed by atoms with Crippen molar-refractivity contribution in [1.29, 1.82) is 0 Å². The summed E-state index contributed by atoms with van der Waals surface area (Å²) in [7, 11) is 0. The molecule has 2 aromatic rings. The number of hydrogen-bond acceptors (Lipinski definition) is 5. The van der Waals surface area contributed by atoms with Crippen molar-refractivity contribution in [1.82, 2.24) is 19.6 Å². The Morgan fingerprint density at radius 1 is 1.35 bits per heavy atom. The molecule has 2 rings (SSSR count). The highest BCUT2D eigenvalue weighted by Crippen LogP contribution is 2.35. The molecule has 0 fully saturated rings. The number of aryl methyl sites for hydroxylation is 2. The smallest absolute Gasteiger partial charge is 0.449 e. The molecule has 2 heterocycles. The largest absolute Gasteiger partial charge is 0.481 e. The fourth-order valence-electron chi connectivity index (χ4n) is 1.74. The summed E-state index contributed by atoms with van der Waals surface area (Å²) in [4.78, 5) is 18.4. The van der Waals surface area contributed by atoms with E-state index in [1.807, 2.05) is 0 Å². The van der Waals surface area contributed by atoms with Gasteiger partial charge < -0.3 is 5.11 Å². The number of alkyl halides is 3. The van der Waals surface area contributed by atoms with Gasteiger partial charge in [-0.15, -0.1) is 5.10 Å². The van der Waals surface area contributed by atoms with E-state index in [4.69, 9.17) is 5.11 Å². The zero-order chi connectivity index (χ0) is 15.1. The van der Waals surface area contributed by atoms with E-state index in [9.17, 15) is 18.0 Å². The van der Waals surface area contributed by atoms with Crippen molar-refractivity contribution in [3.05, 3.63) is 17.0 Å². The Morgan fingerprint density at radius 3 is 2.55 bits per heavy atom. The average molecular weight is 306 g/mol. The number of rotatable bonds is 3. The first-order valence-electron chi connectivity index (χ1n) is 5.38. The molecule has 0 saturated carbocycles. The molecule has 0 radical (unpaired) electrons. The highest BCUT2D eigenvalue weighted by Gasteiger charge is 2.32. The molecule has 2 aromatic heterocycles. The van der Waals surface area contributed by atoms with Crippen LogP contribution in [0.3, 0.4) is 0 Å². The van der Waals surface area contributed by atoms with Crippen LogP contribution < -0.4 is 0 Å². The summed E-state index contributed by atoms with van der Waals surface area (Å²) in [5, 5.41) is 12.0. The van der Waals surface area contributed by atoms with Gasteiger partial charge in [0.2, 0.25) is 5.16 Å². The molecule has 20 heavy (non-hydrogen) atoms. The quantitative estimate of drug-likeness (QED) is 0.873. The van der Waals surface area contributed by atoms with E-state index in [0.29, 0.717) is 17.0 Å². The molecule has 0 spiro atoms. The molecule has 0 aliphatic carbocycles. The highest BCUT2D eigenvalue weighted by molar-refractivity contribution is 8.00. The van der Waals surface area contributed by atoms with Gasteiger partial charge in [-0.25, -0.2) is 9.50 Å². The number of carboxylic acids is 1. The minimum absolute atomic E-state index is 0.0147. The number of carboxylic acid groups (broad SMARTS) is 1. The molecule has 108 valence electrons. The number of thioether (sulfide) groups is 1. The third-order valence-electron chi connectivity index (χ3n) is 2.56. The summed E-state index contributed by atoms with van der Waals surface area (Å²) in [5.74, 6) is -1.04. The molecule has 0 aliphatic heterocycles. The number of fused-ring (bicyclic) bond motifs is 1. The molecule has 0 aliphatic rings. The molecule has 1 N–H and O–H groups in total. The van der Waals surface area contributed by atoms with Gasteiger partial charge in [0.25, 0.3) is 5.78 Å². The fourth-order valence-corrected chi connectivity index (χ4v) is 2.20. The maximum absolute atomic E-state index is 12.3. The van der Waals surface area contributed by atoms with Crippen molar-refractivity contribution in [2.75, 3.05) is 0 Å². The Balaban J connectivity index is 2.52. The highest BCUT2D eigenvalue weighted by atomic mass is 32.2. The van der Waals surface area contributed by atoms with Gasteiger partial charge in [0.1, 0.15) is 0 Å². The van der Waals surface area contributed by atoms with Gasteiger partial charge in [0.05, 0.1) is 6.42 Å². The number of nitrogens with zero attached hydrogens (tertiary/aromatic N) is 4. The molecular formula is C10H9F3N4O2S. The van der Waals surface area contributed by atoms with E-state index in [-0.39, 0.29) is 12.2 Å². The molecule has 0 saturated heterocycles. The van der Waals surface area contributed by atoms with E-state index in [2.05, 4.69) is 15.1 Å². The molecule has 10 heteroatoms.